The topological polar surface area (TPSA) is 245 Å². The normalized spacial score (nSPS) is 16.4. The second-order valence-electron chi connectivity index (χ2n) is 11.1. The van der Waals surface area contributed by atoms with Crippen LogP contribution in [0.25, 0.3) is 22.3 Å². The van der Waals surface area contributed by atoms with E-state index >= 15 is 0 Å². The van der Waals surface area contributed by atoms with Crippen molar-refractivity contribution in [3.05, 3.63) is 107 Å². The van der Waals surface area contributed by atoms with E-state index in [9.17, 15) is 58.8 Å². The Bertz CT molecular complexity index is 1960. The molecule has 4 aromatic carbocycles. The molecule has 0 spiro atoms. The van der Waals surface area contributed by atoms with Crippen LogP contribution in [-0.2, 0) is 28.7 Å². The maximum Gasteiger partial charge on any atom is 0.336 e. The molecule has 2 aliphatic heterocycles. The van der Waals surface area contributed by atoms with Crippen LogP contribution in [0.3, 0.4) is 0 Å². The molecule has 15 nitrogen and oxygen atoms in total. The summed E-state index contributed by atoms with van der Waals surface area (Å²) in [4.78, 5) is 89.0. The Labute approximate surface area is 286 Å². The monoisotopic (exact) mass is 696 g/mol. The molecule has 2 atom stereocenters. The summed E-state index contributed by atoms with van der Waals surface area (Å²) in [6.45, 7) is 0. The first-order valence-corrected chi connectivity index (χ1v) is 14.8. The van der Waals surface area contributed by atoms with Crippen molar-refractivity contribution in [1.82, 2.24) is 0 Å². The van der Waals surface area contributed by atoms with Crippen LogP contribution in [0.5, 0.6) is 11.5 Å². The Balaban J connectivity index is 0.000000299. The molecule has 2 heterocycles. The van der Waals surface area contributed by atoms with E-state index in [-0.39, 0.29) is 35.1 Å². The Hall–Kier alpha value is -7.16. The molecule has 0 aliphatic carbocycles. The lowest BCUT2D eigenvalue weighted by Gasteiger charge is -2.10. The summed E-state index contributed by atoms with van der Waals surface area (Å²) < 4.78 is 14.4. The maximum atomic E-state index is 11.4. The van der Waals surface area contributed by atoms with Gasteiger partial charge in [-0.3, -0.25) is 19.2 Å². The second-order valence-corrected chi connectivity index (χ2v) is 11.1. The zero-order chi connectivity index (χ0) is 37.0. The highest BCUT2D eigenvalue weighted by Crippen LogP contribution is 2.32. The van der Waals surface area contributed by atoms with Gasteiger partial charge in [0.05, 0.1) is 46.9 Å². The number of hydrogen-bond acceptors (Lipinski definition) is 11. The fraction of sp³-hybridized carbons (Fsp3) is 0.111. The fourth-order valence-corrected chi connectivity index (χ4v) is 5.34. The molecule has 0 aromatic heterocycles. The van der Waals surface area contributed by atoms with Crippen LogP contribution in [0, 0.1) is 11.8 Å². The summed E-state index contributed by atoms with van der Waals surface area (Å²) in [7, 11) is 0. The van der Waals surface area contributed by atoms with Crippen molar-refractivity contribution < 1.29 is 73.0 Å². The van der Waals surface area contributed by atoms with Crippen molar-refractivity contribution in [2.24, 2.45) is 11.8 Å². The molecule has 4 aromatic rings. The molecule has 0 radical (unpaired) electrons. The molecule has 4 N–H and O–H groups in total. The first-order valence-electron chi connectivity index (χ1n) is 14.8. The molecule has 51 heavy (non-hydrogen) atoms. The quantitative estimate of drug-likeness (QED) is 0.136. The summed E-state index contributed by atoms with van der Waals surface area (Å²) in [5, 5.41) is 37.0. The molecule has 2 saturated heterocycles. The van der Waals surface area contributed by atoms with Gasteiger partial charge in [-0.2, -0.15) is 0 Å². The third-order valence-electron chi connectivity index (χ3n) is 7.86. The van der Waals surface area contributed by atoms with Crippen LogP contribution in [0.4, 0.5) is 0 Å². The van der Waals surface area contributed by atoms with Crippen LogP contribution < -0.4 is 4.74 Å². The molecule has 258 valence electrons. The van der Waals surface area contributed by atoms with Gasteiger partial charge in [0.1, 0.15) is 11.5 Å². The van der Waals surface area contributed by atoms with Gasteiger partial charge < -0.3 is 34.6 Å². The lowest BCUT2D eigenvalue weighted by molar-refractivity contribution is -0.158. The van der Waals surface area contributed by atoms with Gasteiger partial charge in [-0.05, 0) is 70.8 Å². The van der Waals surface area contributed by atoms with E-state index in [0.29, 0.717) is 33.8 Å². The van der Waals surface area contributed by atoms with Crippen molar-refractivity contribution in [1.29, 1.82) is 0 Å². The highest BCUT2D eigenvalue weighted by molar-refractivity contribution is 6.04. The predicted molar refractivity (Wildman–Crippen MR) is 170 cm³/mol. The zero-order valence-electron chi connectivity index (χ0n) is 25.9. The number of aromatic carboxylic acids is 4. The Morgan fingerprint density at radius 2 is 0.784 bits per heavy atom. The van der Waals surface area contributed by atoms with Crippen LogP contribution in [0.15, 0.2) is 84.9 Å². The van der Waals surface area contributed by atoms with Gasteiger partial charge in [-0.15, -0.1) is 0 Å². The minimum Gasteiger partial charge on any atom is -0.478 e. The first kappa shape index (κ1) is 35.2. The summed E-state index contributed by atoms with van der Waals surface area (Å²) in [6.07, 6.45) is -0.294. The van der Waals surface area contributed by atoms with Gasteiger partial charge in [0, 0.05) is 0 Å². The number of carboxylic acid groups (broad SMARTS) is 4. The Kier molecular flexibility index (Phi) is 10.0. The van der Waals surface area contributed by atoms with Crippen molar-refractivity contribution in [3.63, 3.8) is 0 Å². The lowest BCUT2D eigenvalue weighted by atomic mass is 9.90. The molecule has 0 amide bonds. The second kappa shape index (κ2) is 14.5. The van der Waals surface area contributed by atoms with Crippen LogP contribution in [0.1, 0.15) is 54.3 Å². The van der Waals surface area contributed by atoms with E-state index in [4.69, 9.17) is 4.74 Å². The minimum atomic E-state index is -1.33. The van der Waals surface area contributed by atoms with Gasteiger partial charge in [0.2, 0.25) is 0 Å². The first-order chi connectivity index (χ1) is 24.2. The number of esters is 4. The maximum absolute atomic E-state index is 11.4. The van der Waals surface area contributed by atoms with Gasteiger partial charge >= 0.3 is 47.8 Å². The standard InChI is InChI=1S/C28H18O9.C8H6O6/c29-25(30)21-11-5-17(13-23(21)27(33)34)15-1-7-19(8-2-15)37-20-9-3-16(4-10-20)18-6-12-22(26(31)32)24(14-18)28(35)36;9-5-1-3(7(11)13-5)4-2-6(10)14-8(4)12/h1-14H,(H,29,30)(H,31,32)(H,33,34)(H,35,36);3-4H,1-2H2. The van der Waals surface area contributed by atoms with E-state index in [1.165, 1.54) is 36.4 Å². The molecule has 6 rings (SSSR count). The van der Waals surface area contributed by atoms with E-state index in [1.807, 2.05) is 0 Å². The average Bonchev–Trinajstić information content (AvgIpc) is 3.62. The number of cyclic esters (lactones) is 4. The third-order valence-corrected chi connectivity index (χ3v) is 7.86. The molecule has 2 fully saturated rings. The summed E-state index contributed by atoms with van der Waals surface area (Å²) in [5.74, 6) is -8.82. The molecular formula is C36H24O15. The molecule has 0 bridgehead atoms. The molecule has 0 saturated carbocycles. The number of carbonyl (C=O) groups excluding carboxylic acids is 4. The van der Waals surface area contributed by atoms with Crippen molar-refractivity contribution >= 4 is 47.8 Å². The number of carboxylic acids is 4. The van der Waals surface area contributed by atoms with Crippen LogP contribution >= 0.6 is 0 Å². The molecule has 2 aliphatic rings. The van der Waals surface area contributed by atoms with E-state index in [0.717, 1.165) is 0 Å². The third kappa shape index (κ3) is 7.94. The Morgan fingerprint density at radius 1 is 0.471 bits per heavy atom. The number of ether oxygens (including phenoxy) is 3. The van der Waals surface area contributed by atoms with E-state index < -0.39 is 59.6 Å². The van der Waals surface area contributed by atoms with Crippen molar-refractivity contribution in [2.75, 3.05) is 0 Å². The number of hydrogen-bond donors (Lipinski definition) is 4. The Morgan fingerprint density at radius 3 is 1.06 bits per heavy atom. The summed E-state index contributed by atoms with van der Waals surface area (Å²) >= 11 is 0. The zero-order valence-corrected chi connectivity index (χ0v) is 25.9. The van der Waals surface area contributed by atoms with Crippen LogP contribution in [0.2, 0.25) is 0 Å². The van der Waals surface area contributed by atoms with E-state index in [1.54, 1.807) is 48.5 Å². The largest absolute Gasteiger partial charge is 0.478 e. The highest BCUT2D eigenvalue weighted by Gasteiger charge is 2.48. The van der Waals surface area contributed by atoms with Crippen molar-refractivity contribution in [2.45, 2.75) is 12.8 Å². The number of rotatable bonds is 9. The SMILES string of the molecule is O=C(O)c1ccc(-c2ccc(Oc3ccc(-c4ccc(C(=O)O)c(C(=O)O)c4)cc3)cc2)cc1C(=O)O.O=C1CC(C2CC(=O)OC2=O)C(=O)O1. The number of carbonyl (C=O) groups is 8. The molecular weight excluding hydrogens is 672 g/mol. The van der Waals surface area contributed by atoms with Gasteiger partial charge in [-0.25, -0.2) is 19.2 Å². The van der Waals surface area contributed by atoms with Gasteiger partial charge in [0.15, 0.2) is 0 Å². The molecule has 2 unspecified atom stereocenters. The molecule has 15 heteroatoms. The van der Waals surface area contributed by atoms with Crippen molar-refractivity contribution in [3.8, 4) is 33.8 Å². The highest BCUT2D eigenvalue weighted by atomic mass is 16.6. The summed E-state index contributed by atoms with van der Waals surface area (Å²) in [5.41, 5.74) is 1.20. The lowest BCUT2D eigenvalue weighted by Crippen LogP contribution is -2.23. The average molecular weight is 697 g/mol. The predicted octanol–water partition coefficient (Wildman–Crippen LogP) is 4.77. The van der Waals surface area contributed by atoms with Crippen LogP contribution in [-0.4, -0.2) is 68.2 Å². The van der Waals surface area contributed by atoms with Gasteiger partial charge in [-0.1, -0.05) is 36.4 Å². The fourth-order valence-electron chi connectivity index (χ4n) is 5.34. The number of benzene rings is 4. The van der Waals surface area contributed by atoms with Gasteiger partial charge in [0.25, 0.3) is 0 Å². The summed E-state index contributed by atoms with van der Waals surface area (Å²) in [6, 6.07) is 21.7. The minimum absolute atomic E-state index is 0.147. The smallest absolute Gasteiger partial charge is 0.336 e. The van der Waals surface area contributed by atoms with E-state index in [2.05, 4.69) is 9.47 Å².